The monoisotopic (exact) mass is 340 g/mol. The van der Waals surface area contributed by atoms with Gasteiger partial charge in [0.1, 0.15) is 0 Å². The van der Waals surface area contributed by atoms with Gasteiger partial charge < -0.3 is 20.3 Å². The number of hydrogen-bond donors (Lipinski definition) is 2. The lowest BCUT2D eigenvalue weighted by Gasteiger charge is -2.34. The van der Waals surface area contributed by atoms with Crippen LogP contribution in [0.3, 0.4) is 0 Å². The first-order chi connectivity index (χ1) is 11.6. The predicted octanol–water partition coefficient (Wildman–Crippen LogP) is 1.66. The Hall–Kier alpha value is -0.850. The highest BCUT2D eigenvalue weighted by atomic mass is 16.5. The third kappa shape index (κ3) is 7.81. The number of nitrogens with zero attached hydrogens (tertiary/aromatic N) is 2. The minimum Gasteiger partial charge on any atom is -0.376 e. The van der Waals surface area contributed by atoms with Crippen molar-refractivity contribution in [3.05, 3.63) is 0 Å². The van der Waals surface area contributed by atoms with Gasteiger partial charge in [0.25, 0.3) is 0 Å². The van der Waals surface area contributed by atoms with E-state index in [0.29, 0.717) is 19.3 Å². The quantitative estimate of drug-likeness (QED) is 0.547. The molecular weight excluding hydrogens is 304 g/mol. The molecule has 6 heteroatoms. The zero-order valence-electron chi connectivity index (χ0n) is 15.6. The van der Waals surface area contributed by atoms with Crippen molar-refractivity contribution in [1.29, 1.82) is 0 Å². The Labute approximate surface area is 147 Å². The molecule has 0 aromatic heterocycles. The van der Waals surface area contributed by atoms with Gasteiger partial charge >= 0.3 is 6.03 Å². The highest BCUT2D eigenvalue weighted by molar-refractivity contribution is 5.74. The molecule has 1 aliphatic heterocycles. The van der Waals surface area contributed by atoms with Crippen molar-refractivity contribution < 1.29 is 9.53 Å². The molecule has 1 saturated heterocycles. The summed E-state index contributed by atoms with van der Waals surface area (Å²) in [4.78, 5) is 16.7. The number of carbonyl (C=O) groups excluding carboxylic acids is 1. The minimum atomic E-state index is -0.0823. The molecule has 24 heavy (non-hydrogen) atoms. The first-order valence-corrected chi connectivity index (χ1v) is 9.70. The zero-order valence-corrected chi connectivity index (χ0v) is 15.6. The molecule has 2 amide bonds. The first kappa shape index (κ1) is 19.5. The second kappa shape index (κ2) is 10.9. The molecule has 0 bridgehead atoms. The normalized spacial score (nSPS) is 22.8. The highest BCUT2D eigenvalue weighted by Gasteiger charge is 2.17. The van der Waals surface area contributed by atoms with Crippen LogP contribution >= 0.6 is 0 Å². The molecule has 1 saturated carbocycles. The van der Waals surface area contributed by atoms with Crippen molar-refractivity contribution in [3.63, 3.8) is 0 Å². The average molecular weight is 341 g/mol. The van der Waals surface area contributed by atoms with Crippen LogP contribution in [0.25, 0.3) is 0 Å². The topological polar surface area (TPSA) is 56.8 Å². The molecule has 1 heterocycles. The fraction of sp³-hybridized carbons (Fsp3) is 0.944. The lowest BCUT2D eigenvalue weighted by atomic mass is 10.1. The van der Waals surface area contributed by atoms with Gasteiger partial charge in [-0.3, -0.25) is 4.90 Å². The summed E-state index contributed by atoms with van der Waals surface area (Å²) in [5, 5.41) is 5.94. The summed E-state index contributed by atoms with van der Waals surface area (Å²) in [6, 6.07) is 0.0808. The van der Waals surface area contributed by atoms with E-state index in [1.807, 2.05) is 0 Å². The standard InChI is InChI=1S/C18H36N4O2/c1-16(15-22-12-10-21(2)11-13-22)20-18(23)19-9-14-24-17-7-5-3-4-6-8-17/h16-17H,3-15H2,1-2H3,(H2,19,20,23)/t16-/m0/s1. The van der Waals surface area contributed by atoms with Crippen LogP contribution in [0.15, 0.2) is 0 Å². The number of amides is 2. The van der Waals surface area contributed by atoms with E-state index in [9.17, 15) is 4.79 Å². The van der Waals surface area contributed by atoms with E-state index in [1.165, 1.54) is 38.5 Å². The van der Waals surface area contributed by atoms with Gasteiger partial charge in [0.15, 0.2) is 0 Å². The van der Waals surface area contributed by atoms with Gasteiger partial charge in [0, 0.05) is 45.3 Å². The summed E-state index contributed by atoms with van der Waals surface area (Å²) in [6.07, 6.45) is 7.98. The fourth-order valence-corrected chi connectivity index (χ4v) is 3.54. The van der Waals surface area contributed by atoms with Crippen LogP contribution in [0, 0.1) is 0 Å². The number of nitrogens with one attached hydrogen (secondary N) is 2. The van der Waals surface area contributed by atoms with Gasteiger partial charge in [0.05, 0.1) is 12.7 Å². The van der Waals surface area contributed by atoms with E-state index < -0.39 is 0 Å². The van der Waals surface area contributed by atoms with Crippen molar-refractivity contribution >= 4 is 6.03 Å². The number of piperazine rings is 1. The SMILES string of the molecule is C[C@@H](CN1CCN(C)CC1)NC(=O)NCCOC1CCCCCC1. The molecule has 1 aliphatic carbocycles. The number of likely N-dealkylation sites (N-methyl/N-ethyl adjacent to an activating group) is 1. The molecule has 2 aliphatic rings. The van der Waals surface area contributed by atoms with Crippen LogP contribution in [0.2, 0.25) is 0 Å². The molecule has 0 radical (unpaired) electrons. The van der Waals surface area contributed by atoms with Crippen LogP contribution in [0.5, 0.6) is 0 Å². The van der Waals surface area contributed by atoms with Crippen molar-refractivity contribution in [3.8, 4) is 0 Å². The van der Waals surface area contributed by atoms with E-state index in [1.54, 1.807) is 0 Å². The van der Waals surface area contributed by atoms with Crippen LogP contribution < -0.4 is 10.6 Å². The Morgan fingerprint density at radius 2 is 1.79 bits per heavy atom. The maximum Gasteiger partial charge on any atom is 0.315 e. The lowest BCUT2D eigenvalue weighted by Crippen LogP contribution is -2.51. The molecule has 2 fully saturated rings. The number of ether oxygens (including phenoxy) is 1. The summed E-state index contributed by atoms with van der Waals surface area (Å²) in [5.41, 5.74) is 0. The second-order valence-corrected chi connectivity index (χ2v) is 7.39. The number of rotatable bonds is 7. The van der Waals surface area contributed by atoms with E-state index in [0.717, 1.165) is 32.7 Å². The summed E-state index contributed by atoms with van der Waals surface area (Å²) >= 11 is 0. The van der Waals surface area contributed by atoms with Crippen molar-refractivity contribution in [2.45, 2.75) is 57.6 Å². The Balaban J connectivity index is 1.50. The van der Waals surface area contributed by atoms with Gasteiger partial charge in [-0.2, -0.15) is 0 Å². The van der Waals surface area contributed by atoms with E-state index in [2.05, 4.69) is 34.4 Å². The summed E-state index contributed by atoms with van der Waals surface area (Å²) < 4.78 is 5.89. The van der Waals surface area contributed by atoms with E-state index in [-0.39, 0.29) is 12.1 Å². The molecule has 0 spiro atoms. The molecule has 0 aromatic carbocycles. The van der Waals surface area contributed by atoms with Gasteiger partial charge in [-0.25, -0.2) is 4.79 Å². The first-order valence-electron chi connectivity index (χ1n) is 9.70. The molecule has 0 unspecified atom stereocenters. The van der Waals surface area contributed by atoms with Gasteiger partial charge in [-0.1, -0.05) is 25.7 Å². The lowest BCUT2D eigenvalue weighted by molar-refractivity contribution is 0.0460. The molecule has 1 atom stereocenters. The molecule has 140 valence electrons. The minimum absolute atomic E-state index is 0.0823. The maximum absolute atomic E-state index is 11.9. The summed E-state index contributed by atoms with van der Waals surface area (Å²) in [7, 11) is 2.16. The predicted molar refractivity (Wildman–Crippen MR) is 97.4 cm³/mol. The van der Waals surface area contributed by atoms with Crippen LogP contribution in [0.4, 0.5) is 4.79 Å². The second-order valence-electron chi connectivity index (χ2n) is 7.39. The number of carbonyl (C=O) groups is 1. The summed E-state index contributed by atoms with van der Waals surface area (Å²) in [6.45, 7) is 8.57. The zero-order chi connectivity index (χ0) is 17.2. The van der Waals surface area contributed by atoms with Crippen LogP contribution in [0.1, 0.15) is 45.4 Å². The molecule has 2 rings (SSSR count). The Bertz CT molecular complexity index is 351. The number of hydrogen-bond acceptors (Lipinski definition) is 4. The van der Waals surface area contributed by atoms with Gasteiger partial charge in [-0.15, -0.1) is 0 Å². The largest absolute Gasteiger partial charge is 0.376 e. The highest BCUT2D eigenvalue weighted by Crippen LogP contribution is 2.19. The average Bonchev–Trinajstić information content (AvgIpc) is 2.82. The third-order valence-electron chi connectivity index (χ3n) is 5.05. The Kier molecular flexibility index (Phi) is 8.84. The smallest absolute Gasteiger partial charge is 0.315 e. The van der Waals surface area contributed by atoms with Crippen molar-refractivity contribution in [1.82, 2.24) is 20.4 Å². The number of urea groups is 1. The maximum atomic E-state index is 11.9. The molecular formula is C18H36N4O2. The van der Waals surface area contributed by atoms with Crippen LogP contribution in [-0.4, -0.2) is 80.9 Å². The Morgan fingerprint density at radius 1 is 1.12 bits per heavy atom. The fourth-order valence-electron chi connectivity index (χ4n) is 3.54. The van der Waals surface area contributed by atoms with E-state index in [4.69, 9.17) is 4.74 Å². The summed E-state index contributed by atoms with van der Waals surface area (Å²) in [5.74, 6) is 0. The van der Waals surface area contributed by atoms with Gasteiger partial charge in [0.2, 0.25) is 0 Å². The van der Waals surface area contributed by atoms with Crippen LogP contribution in [-0.2, 0) is 4.74 Å². The van der Waals surface area contributed by atoms with Gasteiger partial charge in [-0.05, 0) is 26.8 Å². The van der Waals surface area contributed by atoms with E-state index >= 15 is 0 Å². The third-order valence-corrected chi connectivity index (χ3v) is 5.05. The van der Waals surface area contributed by atoms with Crippen molar-refractivity contribution in [2.24, 2.45) is 0 Å². The molecule has 2 N–H and O–H groups in total. The molecule has 0 aromatic rings. The Morgan fingerprint density at radius 3 is 2.46 bits per heavy atom. The molecule has 6 nitrogen and oxygen atoms in total. The van der Waals surface area contributed by atoms with Crippen molar-refractivity contribution in [2.75, 3.05) is 52.9 Å².